The van der Waals surface area contributed by atoms with E-state index in [-0.39, 0.29) is 5.91 Å². The average Bonchev–Trinajstić information content (AvgIpc) is 2.87. The molecule has 112 valence electrons. The molecule has 1 aliphatic rings. The van der Waals surface area contributed by atoms with Crippen LogP contribution in [0.15, 0.2) is 29.6 Å². The summed E-state index contributed by atoms with van der Waals surface area (Å²) in [5.74, 6) is 0.0508. The third kappa shape index (κ3) is 3.44. The summed E-state index contributed by atoms with van der Waals surface area (Å²) < 4.78 is 1.31. The minimum Gasteiger partial charge on any atom is -0.388 e. The predicted molar refractivity (Wildman–Crippen MR) is 86.6 cm³/mol. The Balaban J connectivity index is 1.44. The Labute approximate surface area is 129 Å². The zero-order chi connectivity index (χ0) is 14.7. The fourth-order valence-corrected chi connectivity index (χ4v) is 3.78. The molecule has 0 unspecified atom stereocenters. The van der Waals surface area contributed by atoms with E-state index in [1.165, 1.54) is 15.6 Å². The molecule has 1 amide bonds. The lowest BCUT2D eigenvalue weighted by molar-refractivity contribution is -0.123. The lowest BCUT2D eigenvalue weighted by atomic mass is 9.80. The molecule has 1 aromatic carbocycles. The Hall–Kier alpha value is -1.39. The number of hydrogen-bond donors (Lipinski definition) is 2. The van der Waals surface area contributed by atoms with Crippen molar-refractivity contribution in [3.8, 4) is 0 Å². The van der Waals surface area contributed by atoms with Gasteiger partial charge < -0.3 is 10.4 Å². The molecule has 4 heteroatoms. The van der Waals surface area contributed by atoms with Crippen molar-refractivity contribution in [2.24, 2.45) is 0 Å². The minimum atomic E-state index is -0.626. The lowest BCUT2D eigenvalue weighted by Crippen LogP contribution is -2.47. The summed E-state index contributed by atoms with van der Waals surface area (Å²) in [5.41, 5.74) is 0.709. The largest absolute Gasteiger partial charge is 0.388 e. The van der Waals surface area contributed by atoms with Gasteiger partial charge in [-0.3, -0.25) is 4.79 Å². The van der Waals surface area contributed by atoms with Gasteiger partial charge in [0.2, 0.25) is 5.91 Å². The fraction of sp³-hybridized carbons (Fsp3) is 0.471. The van der Waals surface area contributed by atoms with Crippen LogP contribution in [0.5, 0.6) is 0 Å². The monoisotopic (exact) mass is 303 g/mol. The molecule has 1 fully saturated rings. The number of thiophene rings is 1. The molecule has 0 saturated heterocycles. The van der Waals surface area contributed by atoms with Gasteiger partial charge in [0.1, 0.15) is 0 Å². The molecule has 1 aromatic heterocycles. The molecule has 0 bridgehead atoms. The van der Waals surface area contributed by atoms with E-state index in [1.54, 1.807) is 11.3 Å². The number of rotatable bonds is 6. The maximum absolute atomic E-state index is 11.8. The second kappa shape index (κ2) is 6.16. The van der Waals surface area contributed by atoms with Gasteiger partial charge in [-0.1, -0.05) is 18.2 Å². The first kappa shape index (κ1) is 14.5. The molecule has 1 heterocycles. The number of fused-ring (bicyclic) bond motifs is 1. The van der Waals surface area contributed by atoms with Crippen molar-refractivity contribution >= 4 is 27.3 Å². The first-order valence-electron chi connectivity index (χ1n) is 7.60. The van der Waals surface area contributed by atoms with E-state index >= 15 is 0 Å². The van der Waals surface area contributed by atoms with Crippen LogP contribution in [0.3, 0.4) is 0 Å². The molecule has 0 atom stereocenters. The Morgan fingerprint density at radius 3 is 2.90 bits per heavy atom. The second-order valence-electron chi connectivity index (χ2n) is 5.97. The van der Waals surface area contributed by atoms with E-state index in [2.05, 4.69) is 35.0 Å². The van der Waals surface area contributed by atoms with Crippen molar-refractivity contribution in [2.45, 2.75) is 44.1 Å². The topological polar surface area (TPSA) is 49.3 Å². The van der Waals surface area contributed by atoms with Crippen LogP contribution < -0.4 is 5.32 Å². The molecule has 21 heavy (non-hydrogen) atoms. The van der Waals surface area contributed by atoms with E-state index in [0.29, 0.717) is 13.0 Å². The van der Waals surface area contributed by atoms with E-state index < -0.39 is 5.60 Å². The molecular weight excluding hydrogens is 282 g/mol. The van der Waals surface area contributed by atoms with Gasteiger partial charge >= 0.3 is 0 Å². The quantitative estimate of drug-likeness (QED) is 0.860. The van der Waals surface area contributed by atoms with Crippen LogP contribution in [0.4, 0.5) is 0 Å². The number of aliphatic hydroxyl groups is 1. The molecule has 2 aromatic rings. The maximum Gasteiger partial charge on any atom is 0.220 e. The van der Waals surface area contributed by atoms with Crippen molar-refractivity contribution < 1.29 is 9.90 Å². The highest BCUT2D eigenvalue weighted by Crippen LogP contribution is 2.30. The summed E-state index contributed by atoms with van der Waals surface area (Å²) in [6, 6.07) is 8.40. The summed E-state index contributed by atoms with van der Waals surface area (Å²) in [5, 5.41) is 16.3. The highest BCUT2D eigenvalue weighted by molar-refractivity contribution is 7.17. The molecule has 1 aliphatic carbocycles. The van der Waals surface area contributed by atoms with Gasteiger partial charge in [0.05, 0.1) is 5.60 Å². The van der Waals surface area contributed by atoms with Gasteiger partial charge in [-0.2, -0.15) is 0 Å². The van der Waals surface area contributed by atoms with Crippen molar-refractivity contribution in [1.29, 1.82) is 0 Å². The summed E-state index contributed by atoms with van der Waals surface area (Å²) in [4.78, 5) is 11.8. The van der Waals surface area contributed by atoms with Crippen molar-refractivity contribution in [3.63, 3.8) is 0 Å². The minimum absolute atomic E-state index is 0.0508. The number of nitrogens with one attached hydrogen (secondary N) is 1. The molecule has 3 rings (SSSR count). The average molecular weight is 303 g/mol. The zero-order valence-corrected chi connectivity index (χ0v) is 12.9. The Morgan fingerprint density at radius 2 is 2.14 bits per heavy atom. The molecular formula is C17H21NO2S. The smallest absolute Gasteiger partial charge is 0.220 e. The molecule has 0 spiro atoms. The van der Waals surface area contributed by atoms with E-state index in [4.69, 9.17) is 0 Å². The van der Waals surface area contributed by atoms with Crippen LogP contribution in [-0.2, 0) is 11.2 Å². The Kier molecular flexibility index (Phi) is 4.27. The maximum atomic E-state index is 11.8. The van der Waals surface area contributed by atoms with Crippen LogP contribution in [0.25, 0.3) is 10.1 Å². The molecule has 1 saturated carbocycles. The second-order valence-corrected chi connectivity index (χ2v) is 6.88. The van der Waals surface area contributed by atoms with E-state index in [9.17, 15) is 9.90 Å². The molecule has 0 radical (unpaired) electrons. The number of carbonyl (C=O) groups is 1. The van der Waals surface area contributed by atoms with Crippen LogP contribution in [0.1, 0.15) is 37.7 Å². The lowest BCUT2D eigenvalue weighted by Gasteiger charge is -2.36. The number of carbonyl (C=O) groups excluding carboxylic acids is 1. The third-order valence-corrected chi connectivity index (χ3v) is 5.32. The number of benzene rings is 1. The van der Waals surface area contributed by atoms with Gasteiger partial charge in [-0.05, 0) is 54.5 Å². The summed E-state index contributed by atoms with van der Waals surface area (Å²) in [6.45, 7) is 0.410. The van der Waals surface area contributed by atoms with Gasteiger partial charge in [0, 0.05) is 17.7 Å². The first-order chi connectivity index (χ1) is 10.2. The molecule has 0 aliphatic heterocycles. The SMILES string of the molecule is O=C(CCCc1csc2ccccc12)NCC1(O)CCC1. The van der Waals surface area contributed by atoms with E-state index in [1.807, 2.05) is 0 Å². The highest BCUT2D eigenvalue weighted by atomic mass is 32.1. The normalized spacial score (nSPS) is 16.6. The van der Waals surface area contributed by atoms with Gasteiger partial charge in [-0.25, -0.2) is 0 Å². The zero-order valence-electron chi connectivity index (χ0n) is 12.1. The van der Waals surface area contributed by atoms with Crippen molar-refractivity contribution in [2.75, 3.05) is 6.54 Å². The van der Waals surface area contributed by atoms with Gasteiger partial charge in [0.25, 0.3) is 0 Å². The number of aryl methyl sites for hydroxylation is 1. The first-order valence-corrected chi connectivity index (χ1v) is 8.48. The third-order valence-electron chi connectivity index (χ3n) is 4.31. The van der Waals surface area contributed by atoms with Gasteiger partial charge in [0.15, 0.2) is 0 Å². The Morgan fingerprint density at radius 1 is 1.33 bits per heavy atom. The van der Waals surface area contributed by atoms with E-state index in [0.717, 1.165) is 32.1 Å². The summed E-state index contributed by atoms with van der Waals surface area (Å²) in [7, 11) is 0. The summed E-state index contributed by atoms with van der Waals surface area (Å²) >= 11 is 1.76. The van der Waals surface area contributed by atoms with Crippen molar-refractivity contribution in [3.05, 3.63) is 35.2 Å². The predicted octanol–water partition coefficient (Wildman–Crippen LogP) is 3.26. The fourth-order valence-electron chi connectivity index (χ4n) is 2.78. The number of hydrogen-bond acceptors (Lipinski definition) is 3. The highest BCUT2D eigenvalue weighted by Gasteiger charge is 2.34. The molecule has 3 nitrogen and oxygen atoms in total. The number of amides is 1. The van der Waals surface area contributed by atoms with Gasteiger partial charge in [-0.15, -0.1) is 11.3 Å². The summed E-state index contributed by atoms with van der Waals surface area (Å²) in [6.07, 6.45) is 5.01. The standard InChI is InChI=1S/C17H21NO2S/c19-16(18-12-17(20)9-4-10-17)8-3-5-13-11-21-15-7-2-1-6-14(13)15/h1-2,6-7,11,20H,3-5,8-10,12H2,(H,18,19). The van der Waals surface area contributed by atoms with Crippen LogP contribution in [0, 0.1) is 0 Å². The van der Waals surface area contributed by atoms with Crippen LogP contribution >= 0.6 is 11.3 Å². The Bertz CT molecular complexity index is 631. The molecule has 2 N–H and O–H groups in total. The van der Waals surface area contributed by atoms with Crippen molar-refractivity contribution in [1.82, 2.24) is 5.32 Å². The van der Waals surface area contributed by atoms with Crippen LogP contribution in [-0.4, -0.2) is 23.2 Å². The van der Waals surface area contributed by atoms with Crippen LogP contribution in [0.2, 0.25) is 0 Å².